The lowest BCUT2D eigenvalue weighted by molar-refractivity contribution is 0.0360. The van der Waals surface area contributed by atoms with E-state index < -0.39 is 0 Å². The molecule has 0 saturated carbocycles. The molecule has 4 rings (SSSR count). The third kappa shape index (κ3) is 5.10. The van der Waals surface area contributed by atoms with Crippen molar-refractivity contribution in [1.29, 1.82) is 0 Å². The van der Waals surface area contributed by atoms with Crippen molar-refractivity contribution in [3.05, 3.63) is 36.9 Å². The van der Waals surface area contributed by atoms with E-state index in [4.69, 9.17) is 4.74 Å². The molecule has 7 heteroatoms. The Morgan fingerprint density at radius 2 is 1.97 bits per heavy atom. The molecule has 1 N–H and O–H groups in total. The molecular weight excluding hydrogens is 364 g/mol. The summed E-state index contributed by atoms with van der Waals surface area (Å²) in [6, 6.07) is 6.33. The molecule has 3 aromatic rings. The van der Waals surface area contributed by atoms with Crippen molar-refractivity contribution in [2.45, 2.75) is 26.8 Å². The number of aromatic nitrogens is 4. The topological polar surface area (TPSA) is 68.1 Å². The highest BCUT2D eigenvalue weighted by atomic mass is 16.5. The number of morpholine rings is 1. The predicted octanol–water partition coefficient (Wildman–Crippen LogP) is 3.28. The molecule has 0 amide bonds. The molecule has 0 spiro atoms. The third-order valence-corrected chi connectivity index (χ3v) is 5.37. The van der Waals surface area contributed by atoms with Crippen molar-refractivity contribution in [3.63, 3.8) is 0 Å². The van der Waals surface area contributed by atoms with Gasteiger partial charge >= 0.3 is 0 Å². The average molecular weight is 395 g/mol. The van der Waals surface area contributed by atoms with Gasteiger partial charge in [-0.05, 0) is 30.0 Å². The van der Waals surface area contributed by atoms with Gasteiger partial charge in [0.15, 0.2) is 0 Å². The maximum atomic E-state index is 5.42. The SMILES string of the molecule is CC(C)CCNc1ncnc2ccc(-c3cnn(CCN4CCOCC4)c3)cc12. The molecule has 0 aliphatic carbocycles. The normalized spacial score (nSPS) is 15.3. The van der Waals surface area contributed by atoms with Crippen LogP contribution in [0.1, 0.15) is 20.3 Å². The van der Waals surface area contributed by atoms with Crippen molar-refractivity contribution in [2.75, 3.05) is 44.7 Å². The Balaban J connectivity index is 1.48. The van der Waals surface area contributed by atoms with Crippen LogP contribution in [0.25, 0.3) is 22.0 Å². The quantitative estimate of drug-likeness (QED) is 0.632. The minimum absolute atomic E-state index is 0.662. The molecule has 1 aliphatic rings. The highest BCUT2D eigenvalue weighted by Crippen LogP contribution is 2.26. The second-order valence-electron chi connectivity index (χ2n) is 8.01. The summed E-state index contributed by atoms with van der Waals surface area (Å²) in [6.45, 7) is 10.9. The van der Waals surface area contributed by atoms with Gasteiger partial charge in [-0.15, -0.1) is 0 Å². The van der Waals surface area contributed by atoms with E-state index in [1.54, 1.807) is 6.33 Å². The van der Waals surface area contributed by atoms with Gasteiger partial charge in [-0.3, -0.25) is 9.58 Å². The van der Waals surface area contributed by atoms with Crippen LogP contribution in [0, 0.1) is 5.92 Å². The van der Waals surface area contributed by atoms with E-state index in [-0.39, 0.29) is 0 Å². The highest BCUT2D eigenvalue weighted by Gasteiger charge is 2.11. The average Bonchev–Trinajstić information content (AvgIpc) is 3.22. The summed E-state index contributed by atoms with van der Waals surface area (Å²) in [5.74, 6) is 1.56. The fourth-order valence-corrected chi connectivity index (χ4v) is 3.56. The zero-order chi connectivity index (χ0) is 20.1. The van der Waals surface area contributed by atoms with E-state index in [1.807, 2.05) is 10.9 Å². The van der Waals surface area contributed by atoms with Gasteiger partial charge in [0.1, 0.15) is 12.1 Å². The lowest BCUT2D eigenvalue weighted by atomic mass is 10.1. The fourth-order valence-electron chi connectivity index (χ4n) is 3.56. The Labute approximate surface area is 172 Å². The molecule has 0 bridgehead atoms. The van der Waals surface area contributed by atoms with Gasteiger partial charge < -0.3 is 10.1 Å². The molecule has 1 saturated heterocycles. The zero-order valence-corrected chi connectivity index (χ0v) is 17.3. The van der Waals surface area contributed by atoms with Gasteiger partial charge in [0.25, 0.3) is 0 Å². The summed E-state index contributed by atoms with van der Waals surface area (Å²) >= 11 is 0. The first kappa shape index (κ1) is 19.8. The van der Waals surface area contributed by atoms with Crippen molar-refractivity contribution in [3.8, 4) is 11.1 Å². The number of nitrogens with one attached hydrogen (secondary N) is 1. The fraction of sp³-hybridized carbons (Fsp3) is 0.500. The Morgan fingerprint density at radius 3 is 2.79 bits per heavy atom. The largest absolute Gasteiger partial charge is 0.379 e. The number of hydrogen-bond donors (Lipinski definition) is 1. The van der Waals surface area contributed by atoms with E-state index in [1.165, 1.54) is 0 Å². The first-order chi connectivity index (χ1) is 14.2. The van der Waals surface area contributed by atoms with Crippen molar-refractivity contribution in [1.82, 2.24) is 24.6 Å². The number of hydrogen-bond acceptors (Lipinski definition) is 6. The second kappa shape index (κ2) is 9.33. The molecule has 154 valence electrons. The number of nitrogens with zero attached hydrogens (tertiary/aromatic N) is 5. The Bertz CT molecular complexity index is 932. The van der Waals surface area contributed by atoms with Crippen LogP contribution in [0.4, 0.5) is 5.82 Å². The summed E-state index contributed by atoms with van der Waals surface area (Å²) in [6.07, 6.45) is 6.80. The van der Waals surface area contributed by atoms with E-state index in [0.717, 1.165) is 80.2 Å². The molecule has 1 aliphatic heterocycles. The van der Waals surface area contributed by atoms with Gasteiger partial charge in [-0.25, -0.2) is 9.97 Å². The second-order valence-corrected chi connectivity index (χ2v) is 8.01. The molecule has 1 fully saturated rings. The number of ether oxygens (including phenoxy) is 1. The zero-order valence-electron chi connectivity index (χ0n) is 17.3. The smallest absolute Gasteiger partial charge is 0.137 e. The van der Waals surface area contributed by atoms with Crippen LogP contribution in [0.5, 0.6) is 0 Å². The van der Waals surface area contributed by atoms with Crippen LogP contribution in [0.2, 0.25) is 0 Å². The van der Waals surface area contributed by atoms with Gasteiger partial charge in [0, 0.05) is 43.3 Å². The number of anilines is 1. The third-order valence-electron chi connectivity index (χ3n) is 5.37. The summed E-state index contributed by atoms with van der Waals surface area (Å²) in [5.41, 5.74) is 3.21. The summed E-state index contributed by atoms with van der Waals surface area (Å²) in [4.78, 5) is 11.3. The monoisotopic (exact) mass is 394 g/mol. The molecule has 3 heterocycles. The molecule has 29 heavy (non-hydrogen) atoms. The molecule has 0 radical (unpaired) electrons. The van der Waals surface area contributed by atoms with Gasteiger partial charge in [-0.2, -0.15) is 5.10 Å². The van der Waals surface area contributed by atoms with Gasteiger partial charge in [0.2, 0.25) is 0 Å². The van der Waals surface area contributed by atoms with Crippen molar-refractivity contribution < 1.29 is 4.74 Å². The standard InChI is InChI=1S/C22H30N6O/c1-17(2)5-6-23-22-20-13-18(3-4-21(20)24-16-25-22)19-14-26-28(15-19)8-7-27-9-11-29-12-10-27/h3-4,13-17H,5-12H2,1-2H3,(H,23,24,25). The summed E-state index contributed by atoms with van der Waals surface area (Å²) in [7, 11) is 0. The number of benzene rings is 1. The minimum atomic E-state index is 0.662. The highest BCUT2D eigenvalue weighted by molar-refractivity contribution is 5.92. The van der Waals surface area contributed by atoms with Crippen LogP contribution in [-0.4, -0.2) is 64.0 Å². The van der Waals surface area contributed by atoms with Crippen LogP contribution >= 0.6 is 0 Å². The van der Waals surface area contributed by atoms with E-state index in [9.17, 15) is 0 Å². The lowest BCUT2D eigenvalue weighted by Crippen LogP contribution is -2.38. The Hall–Kier alpha value is -2.51. The number of fused-ring (bicyclic) bond motifs is 1. The van der Waals surface area contributed by atoms with E-state index in [2.05, 4.69) is 63.5 Å². The maximum Gasteiger partial charge on any atom is 0.137 e. The minimum Gasteiger partial charge on any atom is -0.379 e. The van der Waals surface area contributed by atoms with Crippen molar-refractivity contribution in [2.24, 2.45) is 5.92 Å². The maximum absolute atomic E-state index is 5.42. The lowest BCUT2D eigenvalue weighted by Gasteiger charge is -2.26. The predicted molar refractivity (Wildman–Crippen MR) is 116 cm³/mol. The Morgan fingerprint density at radius 1 is 1.10 bits per heavy atom. The van der Waals surface area contributed by atoms with Crippen LogP contribution in [0.3, 0.4) is 0 Å². The van der Waals surface area contributed by atoms with E-state index in [0.29, 0.717) is 5.92 Å². The molecule has 1 aromatic carbocycles. The van der Waals surface area contributed by atoms with Crippen LogP contribution in [-0.2, 0) is 11.3 Å². The molecule has 7 nitrogen and oxygen atoms in total. The Kier molecular flexibility index (Phi) is 6.36. The molecule has 0 atom stereocenters. The first-order valence-electron chi connectivity index (χ1n) is 10.5. The van der Waals surface area contributed by atoms with Crippen LogP contribution in [0.15, 0.2) is 36.9 Å². The van der Waals surface area contributed by atoms with Gasteiger partial charge in [0.05, 0.1) is 31.5 Å². The van der Waals surface area contributed by atoms with Crippen LogP contribution < -0.4 is 5.32 Å². The van der Waals surface area contributed by atoms with E-state index >= 15 is 0 Å². The first-order valence-corrected chi connectivity index (χ1v) is 10.5. The van der Waals surface area contributed by atoms with Gasteiger partial charge in [-0.1, -0.05) is 19.9 Å². The molecular formula is C22H30N6O. The molecule has 0 unspecified atom stereocenters. The summed E-state index contributed by atoms with van der Waals surface area (Å²) in [5, 5.41) is 9.08. The number of rotatable bonds is 8. The molecule has 2 aromatic heterocycles. The summed E-state index contributed by atoms with van der Waals surface area (Å²) < 4.78 is 7.44. The van der Waals surface area contributed by atoms with Crippen molar-refractivity contribution >= 4 is 16.7 Å².